The van der Waals surface area contributed by atoms with Crippen LogP contribution in [0.4, 0.5) is 4.39 Å². The van der Waals surface area contributed by atoms with Gasteiger partial charge in [-0.2, -0.15) is 4.98 Å². The van der Waals surface area contributed by atoms with E-state index in [0.29, 0.717) is 16.7 Å². The van der Waals surface area contributed by atoms with Gasteiger partial charge in [-0.05, 0) is 50.1 Å². The molecule has 28 heavy (non-hydrogen) atoms. The molecule has 0 saturated carbocycles. The lowest BCUT2D eigenvalue weighted by atomic mass is 10.0. The van der Waals surface area contributed by atoms with E-state index in [9.17, 15) is 9.18 Å². The maximum absolute atomic E-state index is 13.8. The van der Waals surface area contributed by atoms with Crippen molar-refractivity contribution in [2.75, 3.05) is 6.54 Å². The predicted octanol–water partition coefficient (Wildman–Crippen LogP) is 2.72. The third-order valence-electron chi connectivity index (χ3n) is 4.78. The molecule has 3 heterocycles. The Bertz CT molecular complexity index is 1030. The average Bonchev–Trinajstić information content (AvgIpc) is 3.20. The van der Waals surface area contributed by atoms with Crippen molar-refractivity contribution in [2.24, 2.45) is 0 Å². The van der Waals surface area contributed by atoms with E-state index in [0.717, 1.165) is 30.8 Å². The molecule has 144 valence electrons. The lowest BCUT2D eigenvalue weighted by molar-refractivity contribution is 0.0932. The normalized spacial score (nSPS) is 14.4. The summed E-state index contributed by atoms with van der Waals surface area (Å²) in [5.74, 6) is -0.0693. The number of aromatic nitrogens is 3. The molecule has 0 radical (unpaired) electrons. The first-order chi connectivity index (χ1) is 13.5. The molecule has 0 fully saturated rings. The molecule has 0 spiro atoms. The van der Waals surface area contributed by atoms with E-state index >= 15 is 0 Å². The highest BCUT2D eigenvalue weighted by Gasteiger charge is 2.20. The largest absolute Gasteiger partial charge is 0.340 e. The van der Waals surface area contributed by atoms with Crippen LogP contribution in [0.1, 0.15) is 46.0 Å². The summed E-state index contributed by atoms with van der Waals surface area (Å²) in [6.07, 6.45) is 2.42. The lowest BCUT2D eigenvalue weighted by Crippen LogP contribution is -2.29. The van der Waals surface area contributed by atoms with Crippen LogP contribution in [0, 0.1) is 12.7 Å². The predicted molar refractivity (Wildman–Crippen MR) is 100.0 cm³/mol. The minimum absolute atomic E-state index is 0.249. The Morgan fingerprint density at radius 3 is 3.04 bits per heavy atom. The summed E-state index contributed by atoms with van der Waals surface area (Å²) >= 11 is 0. The summed E-state index contributed by atoms with van der Waals surface area (Å²) in [5.41, 5.74) is 3.61. The highest BCUT2D eigenvalue weighted by atomic mass is 19.1. The number of halogens is 1. The summed E-state index contributed by atoms with van der Waals surface area (Å²) in [7, 11) is 0. The van der Waals surface area contributed by atoms with Crippen LogP contribution in [0.3, 0.4) is 0 Å². The maximum Gasteiger partial charge on any atom is 0.253 e. The Kier molecular flexibility index (Phi) is 4.87. The summed E-state index contributed by atoms with van der Waals surface area (Å²) in [5, 5.41) is 9.98. The van der Waals surface area contributed by atoms with Crippen molar-refractivity contribution >= 4 is 5.91 Å². The van der Waals surface area contributed by atoms with E-state index in [-0.39, 0.29) is 23.4 Å². The fourth-order valence-corrected chi connectivity index (χ4v) is 3.07. The molecule has 7 nitrogen and oxygen atoms in total. The van der Waals surface area contributed by atoms with Crippen molar-refractivity contribution in [2.45, 2.75) is 32.9 Å². The second-order valence-electron chi connectivity index (χ2n) is 6.87. The molecule has 0 saturated heterocycles. The minimum Gasteiger partial charge on any atom is -0.340 e. The van der Waals surface area contributed by atoms with Gasteiger partial charge in [0.2, 0.25) is 11.7 Å². The van der Waals surface area contributed by atoms with Crippen LogP contribution in [0.25, 0.3) is 11.4 Å². The van der Waals surface area contributed by atoms with Crippen LogP contribution in [-0.4, -0.2) is 27.6 Å². The number of rotatable bonds is 4. The van der Waals surface area contributed by atoms with E-state index in [1.807, 2.05) is 6.07 Å². The van der Waals surface area contributed by atoms with Crippen LogP contribution in [0.2, 0.25) is 0 Å². The van der Waals surface area contributed by atoms with Crippen LogP contribution in [-0.2, 0) is 13.0 Å². The highest BCUT2D eigenvalue weighted by Crippen LogP contribution is 2.21. The van der Waals surface area contributed by atoms with Gasteiger partial charge in [0.15, 0.2) is 0 Å². The number of amides is 1. The molecular formula is C20H20FN5O2. The van der Waals surface area contributed by atoms with Gasteiger partial charge < -0.3 is 15.2 Å². The number of aryl methyl sites for hydroxylation is 1. The molecule has 1 aliphatic rings. The Hall–Kier alpha value is -3.13. The van der Waals surface area contributed by atoms with E-state index < -0.39 is 6.04 Å². The van der Waals surface area contributed by atoms with Crippen LogP contribution >= 0.6 is 0 Å². The fraction of sp³-hybridized carbons (Fsp3) is 0.300. The van der Waals surface area contributed by atoms with E-state index in [4.69, 9.17) is 4.52 Å². The molecule has 1 unspecified atom stereocenters. The van der Waals surface area contributed by atoms with E-state index in [2.05, 4.69) is 25.8 Å². The first kappa shape index (κ1) is 18.2. The number of hydrogen-bond acceptors (Lipinski definition) is 6. The van der Waals surface area contributed by atoms with Gasteiger partial charge in [0, 0.05) is 18.3 Å². The van der Waals surface area contributed by atoms with Crippen molar-refractivity contribution in [3.8, 4) is 11.4 Å². The van der Waals surface area contributed by atoms with Crippen molar-refractivity contribution in [1.29, 1.82) is 0 Å². The van der Waals surface area contributed by atoms with Crippen molar-refractivity contribution < 1.29 is 13.7 Å². The Morgan fingerprint density at radius 1 is 1.36 bits per heavy atom. The van der Waals surface area contributed by atoms with Crippen molar-refractivity contribution in [3.05, 3.63) is 64.6 Å². The van der Waals surface area contributed by atoms with Gasteiger partial charge in [0.1, 0.15) is 11.9 Å². The first-order valence-electron chi connectivity index (χ1n) is 9.11. The van der Waals surface area contributed by atoms with E-state index in [1.165, 1.54) is 6.07 Å². The molecular weight excluding hydrogens is 361 g/mol. The second-order valence-corrected chi connectivity index (χ2v) is 6.87. The van der Waals surface area contributed by atoms with Gasteiger partial charge in [0.25, 0.3) is 5.91 Å². The van der Waals surface area contributed by atoms with Crippen LogP contribution in [0.5, 0.6) is 0 Å². The maximum atomic E-state index is 13.8. The summed E-state index contributed by atoms with van der Waals surface area (Å²) in [6, 6.07) is 6.12. The quantitative estimate of drug-likeness (QED) is 0.722. The minimum atomic E-state index is -0.498. The number of hydrogen-bond donors (Lipinski definition) is 2. The second kappa shape index (κ2) is 7.47. The molecule has 3 aromatic rings. The number of benzene rings is 1. The molecule has 1 atom stereocenters. The molecule has 1 aliphatic heterocycles. The van der Waals surface area contributed by atoms with Crippen LogP contribution in [0.15, 0.2) is 35.0 Å². The number of pyridine rings is 1. The Balaban J connectivity index is 1.48. The van der Waals surface area contributed by atoms with Gasteiger partial charge in [-0.3, -0.25) is 9.78 Å². The summed E-state index contributed by atoms with van der Waals surface area (Å²) < 4.78 is 19.0. The number of nitrogens with one attached hydrogen (secondary N) is 2. The van der Waals surface area contributed by atoms with Crippen molar-refractivity contribution in [1.82, 2.24) is 25.8 Å². The number of fused-ring (bicyclic) bond motifs is 1. The third-order valence-corrected chi connectivity index (χ3v) is 4.78. The van der Waals surface area contributed by atoms with Gasteiger partial charge in [-0.15, -0.1) is 0 Å². The summed E-state index contributed by atoms with van der Waals surface area (Å²) in [4.78, 5) is 21.2. The molecule has 2 N–H and O–H groups in total. The SMILES string of the molecule is Cc1ccc(-c2noc(C(C)NC(=O)c3cnc4c(c3)CCNC4)n2)cc1F. The fourth-order valence-electron chi connectivity index (χ4n) is 3.07. The molecule has 0 aliphatic carbocycles. The summed E-state index contributed by atoms with van der Waals surface area (Å²) in [6.45, 7) is 5.03. The Morgan fingerprint density at radius 2 is 2.21 bits per heavy atom. The topological polar surface area (TPSA) is 92.9 Å². The number of carbonyl (C=O) groups is 1. The first-order valence-corrected chi connectivity index (χ1v) is 9.11. The zero-order chi connectivity index (χ0) is 19.7. The smallest absolute Gasteiger partial charge is 0.253 e. The zero-order valence-electron chi connectivity index (χ0n) is 15.6. The average molecular weight is 381 g/mol. The van der Waals surface area contributed by atoms with Crippen molar-refractivity contribution in [3.63, 3.8) is 0 Å². The molecule has 8 heteroatoms. The molecule has 0 bridgehead atoms. The van der Waals surface area contributed by atoms with E-state index in [1.54, 1.807) is 32.2 Å². The van der Waals surface area contributed by atoms with Crippen LogP contribution < -0.4 is 10.6 Å². The van der Waals surface area contributed by atoms with Gasteiger partial charge in [-0.25, -0.2) is 4.39 Å². The highest BCUT2D eigenvalue weighted by molar-refractivity contribution is 5.94. The van der Waals surface area contributed by atoms with Gasteiger partial charge in [-0.1, -0.05) is 17.3 Å². The monoisotopic (exact) mass is 381 g/mol. The standard InChI is InChI=1S/C20H20FN5O2/c1-11-3-4-14(8-16(11)21)18-25-20(28-26-18)12(2)24-19(27)15-7-13-5-6-22-10-17(13)23-9-15/h3-4,7-9,12,22H,5-6,10H2,1-2H3,(H,24,27). The number of nitrogens with zero attached hydrogens (tertiary/aromatic N) is 3. The zero-order valence-corrected chi connectivity index (χ0v) is 15.6. The number of carbonyl (C=O) groups excluding carboxylic acids is 1. The molecule has 1 amide bonds. The third kappa shape index (κ3) is 3.63. The Labute approximate surface area is 161 Å². The van der Waals surface area contributed by atoms with Gasteiger partial charge >= 0.3 is 0 Å². The van der Waals surface area contributed by atoms with Gasteiger partial charge in [0.05, 0.1) is 11.3 Å². The molecule has 1 aromatic carbocycles. The lowest BCUT2D eigenvalue weighted by Gasteiger charge is -2.17. The molecule has 4 rings (SSSR count). The molecule has 2 aromatic heterocycles.